The highest BCUT2D eigenvalue weighted by Gasteiger charge is 2.25. The summed E-state index contributed by atoms with van der Waals surface area (Å²) in [7, 11) is 0. The number of hydrogen-bond acceptors (Lipinski definition) is 4. The van der Waals surface area contributed by atoms with Crippen molar-refractivity contribution in [3.8, 4) is 0 Å². The Kier molecular flexibility index (Phi) is 2.97. The van der Waals surface area contributed by atoms with E-state index in [1.807, 2.05) is 0 Å². The lowest BCUT2D eigenvalue weighted by molar-refractivity contribution is 0.198. The van der Waals surface area contributed by atoms with Crippen LogP contribution in [0, 0.1) is 0 Å². The Bertz CT molecular complexity index is 408. The Balaban J connectivity index is 1.93. The summed E-state index contributed by atoms with van der Waals surface area (Å²) in [5, 5.41) is 9.64. The molecule has 1 fully saturated rings. The first kappa shape index (κ1) is 11.0. The monoisotopic (exact) mass is 233 g/mol. The van der Waals surface area contributed by atoms with Crippen molar-refractivity contribution in [2.75, 3.05) is 18.0 Å². The molecule has 1 aliphatic heterocycles. The molecule has 0 bridgehead atoms. The van der Waals surface area contributed by atoms with Crippen LogP contribution >= 0.6 is 0 Å². The van der Waals surface area contributed by atoms with E-state index in [1.165, 1.54) is 30.5 Å². The molecular formula is C13H19N3O. The number of hydrogen-bond donors (Lipinski definition) is 1. The third-order valence-corrected chi connectivity index (χ3v) is 3.82. The van der Waals surface area contributed by atoms with Crippen molar-refractivity contribution >= 4 is 5.82 Å². The summed E-state index contributed by atoms with van der Waals surface area (Å²) in [6, 6.07) is 0. The van der Waals surface area contributed by atoms with Crippen molar-refractivity contribution in [3.63, 3.8) is 0 Å². The minimum atomic E-state index is -0.189. The van der Waals surface area contributed by atoms with E-state index in [0.717, 1.165) is 38.2 Å². The van der Waals surface area contributed by atoms with E-state index in [1.54, 1.807) is 6.33 Å². The predicted octanol–water partition coefficient (Wildman–Crippen LogP) is 1.32. The fraction of sp³-hybridized carbons (Fsp3) is 0.692. The Morgan fingerprint density at radius 2 is 2.06 bits per heavy atom. The molecule has 1 atom stereocenters. The third kappa shape index (κ3) is 2.14. The molecule has 0 unspecified atom stereocenters. The number of fused-ring (bicyclic) bond motifs is 1. The van der Waals surface area contributed by atoms with Crippen molar-refractivity contribution in [2.45, 2.75) is 44.6 Å². The van der Waals surface area contributed by atoms with Crippen LogP contribution in [0.4, 0.5) is 5.82 Å². The highest BCUT2D eigenvalue weighted by atomic mass is 16.3. The molecule has 1 saturated heterocycles. The topological polar surface area (TPSA) is 49.2 Å². The van der Waals surface area contributed by atoms with Crippen molar-refractivity contribution < 1.29 is 5.11 Å². The average molecular weight is 233 g/mol. The smallest absolute Gasteiger partial charge is 0.135 e. The van der Waals surface area contributed by atoms with Gasteiger partial charge in [0.1, 0.15) is 12.1 Å². The largest absolute Gasteiger partial charge is 0.391 e. The van der Waals surface area contributed by atoms with E-state index < -0.39 is 0 Å². The second-order valence-electron chi connectivity index (χ2n) is 5.07. The van der Waals surface area contributed by atoms with Crippen LogP contribution in [0.3, 0.4) is 0 Å². The number of rotatable bonds is 1. The molecule has 3 rings (SSSR count). The third-order valence-electron chi connectivity index (χ3n) is 3.82. The molecular weight excluding hydrogens is 214 g/mol. The summed E-state index contributed by atoms with van der Waals surface area (Å²) in [5.41, 5.74) is 2.56. The van der Waals surface area contributed by atoms with Gasteiger partial charge in [0.15, 0.2) is 0 Å². The van der Waals surface area contributed by atoms with E-state index in [0.29, 0.717) is 0 Å². The molecule has 4 heteroatoms. The highest BCUT2D eigenvalue weighted by Crippen LogP contribution is 2.28. The van der Waals surface area contributed by atoms with Gasteiger partial charge in [-0.2, -0.15) is 0 Å². The standard InChI is InChI=1S/C13H19N3O/c17-10-6-7-16(8-10)13-11-4-2-1-3-5-12(11)14-9-15-13/h9-10,17H,1-8H2/t10-/m0/s1. The van der Waals surface area contributed by atoms with Gasteiger partial charge in [0.05, 0.1) is 6.10 Å². The maximum absolute atomic E-state index is 9.64. The first-order chi connectivity index (χ1) is 8.34. The van der Waals surface area contributed by atoms with Gasteiger partial charge in [-0.1, -0.05) is 6.42 Å². The molecule has 0 saturated carbocycles. The quantitative estimate of drug-likeness (QED) is 0.743. The maximum Gasteiger partial charge on any atom is 0.135 e. The fourth-order valence-corrected chi connectivity index (χ4v) is 2.89. The molecule has 2 heterocycles. The molecule has 0 spiro atoms. The van der Waals surface area contributed by atoms with Crippen molar-refractivity contribution in [1.82, 2.24) is 9.97 Å². The summed E-state index contributed by atoms with van der Waals surface area (Å²) >= 11 is 0. The number of nitrogens with zero attached hydrogens (tertiary/aromatic N) is 3. The SMILES string of the molecule is O[C@H]1CCN(c2ncnc3c2CCCCC3)C1. The lowest BCUT2D eigenvalue weighted by atomic mass is 10.1. The number of aromatic nitrogens is 2. The maximum atomic E-state index is 9.64. The summed E-state index contributed by atoms with van der Waals surface area (Å²) in [6.45, 7) is 1.65. The summed E-state index contributed by atoms with van der Waals surface area (Å²) in [6.07, 6.45) is 8.31. The molecule has 1 aromatic heterocycles. The number of aliphatic hydroxyl groups excluding tert-OH is 1. The van der Waals surface area contributed by atoms with Crippen LogP contribution in [0.1, 0.15) is 36.9 Å². The Hall–Kier alpha value is -1.16. The number of β-amino-alcohol motifs (C(OH)–C–C–N with tert-alkyl or cyclic N) is 1. The zero-order valence-corrected chi connectivity index (χ0v) is 10.1. The van der Waals surface area contributed by atoms with Gasteiger partial charge in [0.2, 0.25) is 0 Å². The molecule has 2 aliphatic rings. The van der Waals surface area contributed by atoms with Gasteiger partial charge < -0.3 is 10.0 Å². The van der Waals surface area contributed by atoms with Gasteiger partial charge in [-0.15, -0.1) is 0 Å². The summed E-state index contributed by atoms with van der Waals surface area (Å²) in [4.78, 5) is 11.1. The van der Waals surface area contributed by atoms with Gasteiger partial charge in [0, 0.05) is 24.3 Å². The minimum Gasteiger partial charge on any atom is -0.391 e. The Morgan fingerprint density at radius 1 is 1.18 bits per heavy atom. The van der Waals surface area contributed by atoms with E-state index >= 15 is 0 Å². The summed E-state index contributed by atoms with van der Waals surface area (Å²) in [5.74, 6) is 1.08. The van der Waals surface area contributed by atoms with Gasteiger partial charge >= 0.3 is 0 Å². The molecule has 0 amide bonds. The van der Waals surface area contributed by atoms with Crippen molar-refractivity contribution in [1.29, 1.82) is 0 Å². The van der Waals surface area contributed by atoms with Crippen LogP contribution in [0.2, 0.25) is 0 Å². The first-order valence-electron chi connectivity index (χ1n) is 6.60. The van der Waals surface area contributed by atoms with E-state index in [-0.39, 0.29) is 6.10 Å². The predicted molar refractivity (Wildman–Crippen MR) is 66.1 cm³/mol. The van der Waals surface area contributed by atoms with E-state index in [2.05, 4.69) is 14.9 Å². The van der Waals surface area contributed by atoms with Gasteiger partial charge in [-0.3, -0.25) is 0 Å². The van der Waals surface area contributed by atoms with E-state index in [4.69, 9.17) is 0 Å². The van der Waals surface area contributed by atoms with Gasteiger partial charge in [0.25, 0.3) is 0 Å². The second-order valence-corrected chi connectivity index (χ2v) is 5.07. The number of anilines is 1. The average Bonchev–Trinajstić information content (AvgIpc) is 2.63. The van der Waals surface area contributed by atoms with Crippen LogP contribution in [0.25, 0.3) is 0 Å². The molecule has 1 aliphatic carbocycles. The van der Waals surface area contributed by atoms with Crippen LogP contribution in [-0.4, -0.2) is 34.3 Å². The Labute approximate surface area is 102 Å². The van der Waals surface area contributed by atoms with Crippen LogP contribution in [0.15, 0.2) is 6.33 Å². The molecule has 4 nitrogen and oxygen atoms in total. The fourth-order valence-electron chi connectivity index (χ4n) is 2.89. The summed E-state index contributed by atoms with van der Waals surface area (Å²) < 4.78 is 0. The molecule has 1 aromatic rings. The molecule has 1 N–H and O–H groups in total. The molecule has 0 aromatic carbocycles. The zero-order valence-electron chi connectivity index (χ0n) is 10.1. The van der Waals surface area contributed by atoms with Gasteiger partial charge in [-0.05, 0) is 32.1 Å². The van der Waals surface area contributed by atoms with Crippen LogP contribution < -0.4 is 4.90 Å². The lowest BCUT2D eigenvalue weighted by Gasteiger charge is -2.20. The van der Waals surface area contributed by atoms with Crippen LogP contribution in [0.5, 0.6) is 0 Å². The minimum absolute atomic E-state index is 0.189. The van der Waals surface area contributed by atoms with Gasteiger partial charge in [-0.25, -0.2) is 9.97 Å². The van der Waals surface area contributed by atoms with Crippen LogP contribution in [-0.2, 0) is 12.8 Å². The first-order valence-corrected chi connectivity index (χ1v) is 6.60. The van der Waals surface area contributed by atoms with Crippen molar-refractivity contribution in [3.05, 3.63) is 17.6 Å². The Morgan fingerprint density at radius 3 is 2.88 bits per heavy atom. The molecule has 0 radical (unpaired) electrons. The molecule has 92 valence electrons. The highest BCUT2D eigenvalue weighted by molar-refractivity contribution is 5.50. The number of aryl methyl sites for hydroxylation is 1. The zero-order chi connectivity index (χ0) is 11.7. The molecule has 17 heavy (non-hydrogen) atoms. The number of aliphatic hydroxyl groups is 1. The van der Waals surface area contributed by atoms with E-state index in [9.17, 15) is 5.11 Å². The normalized spacial score (nSPS) is 24.5. The lowest BCUT2D eigenvalue weighted by Crippen LogP contribution is -2.24. The second kappa shape index (κ2) is 4.61. The van der Waals surface area contributed by atoms with Crippen molar-refractivity contribution in [2.24, 2.45) is 0 Å².